The number of fused-ring (bicyclic) bond motifs is 1. The van der Waals surface area contributed by atoms with Gasteiger partial charge in [-0.15, -0.1) is 0 Å². The van der Waals surface area contributed by atoms with E-state index in [0.717, 1.165) is 23.4 Å². The van der Waals surface area contributed by atoms with E-state index in [9.17, 15) is 9.90 Å². The summed E-state index contributed by atoms with van der Waals surface area (Å²) in [4.78, 5) is 12.6. The molecule has 0 amide bonds. The molecule has 2 aromatic rings. The topological polar surface area (TPSA) is 58.6 Å². The third-order valence-corrected chi connectivity index (χ3v) is 4.14. The van der Waals surface area contributed by atoms with E-state index < -0.39 is 0 Å². The molecule has 1 heterocycles. The molecule has 2 N–H and O–H groups in total. The van der Waals surface area contributed by atoms with Crippen molar-refractivity contribution in [2.24, 2.45) is 0 Å². The predicted molar refractivity (Wildman–Crippen MR) is 94.3 cm³/mol. The number of carbonyl (C=O) groups is 1. The average Bonchev–Trinajstić information content (AvgIpc) is 2.54. The SMILES string of the molecule is COc1ccc2c(c1)/C(=C/C(=O)c1ccc(O)cc1)NC(C)(C)C2. The van der Waals surface area contributed by atoms with Crippen LogP contribution in [0.5, 0.6) is 11.5 Å². The Labute approximate surface area is 141 Å². The van der Waals surface area contributed by atoms with Crippen molar-refractivity contribution in [3.8, 4) is 11.5 Å². The molecule has 0 radical (unpaired) electrons. The van der Waals surface area contributed by atoms with Crippen LogP contribution >= 0.6 is 0 Å². The lowest BCUT2D eigenvalue weighted by Crippen LogP contribution is -2.43. The first-order chi connectivity index (χ1) is 11.4. The minimum atomic E-state index is -0.136. The number of phenols is 1. The van der Waals surface area contributed by atoms with E-state index >= 15 is 0 Å². The van der Waals surface area contributed by atoms with Crippen LogP contribution in [-0.2, 0) is 6.42 Å². The maximum absolute atomic E-state index is 12.6. The quantitative estimate of drug-likeness (QED) is 0.670. The maximum atomic E-state index is 12.6. The first kappa shape index (κ1) is 16.1. The number of hydrogen-bond donors (Lipinski definition) is 2. The summed E-state index contributed by atoms with van der Waals surface area (Å²) in [6, 6.07) is 12.2. The van der Waals surface area contributed by atoms with Gasteiger partial charge >= 0.3 is 0 Å². The number of phenolic OH excluding ortho intramolecular Hbond substituents is 1. The molecule has 2 aromatic carbocycles. The molecule has 0 aromatic heterocycles. The van der Waals surface area contributed by atoms with Crippen molar-refractivity contribution < 1.29 is 14.6 Å². The average molecular weight is 323 g/mol. The van der Waals surface area contributed by atoms with Crippen molar-refractivity contribution in [3.05, 3.63) is 65.2 Å². The molecule has 124 valence electrons. The van der Waals surface area contributed by atoms with E-state index in [-0.39, 0.29) is 17.1 Å². The highest BCUT2D eigenvalue weighted by molar-refractivity contribution is 6.08. The fourth-order valence-electron chi connectivity index (χ4n) is 2.99. The van der Waals surface area contributed by atoms with Gasteiger partial charge in [0, 0.05) is 28.4 Å². The molecular formula is C20H21NO3. The van der Waals surface area contributed by atoms with E-state index in [1.807, 2.05) is 12.1 Å². The summed E-state index contributed by atoms with van der Waals surface area (Å²) in [7, 11) is 1.63. The number of methoxy groups -OCH3 is 1. The Balaban J connectivity index is 2.03. The molecule has 0 atom stereocenters. The Kier molecular flexibility index (Phi) is 4.06. The number of rotatable bonds is 3. The zero-order valence-electron chi connectivity index (χ0n) is 14.1. The van der Waals surface area contributed by atoms with Crippen LogP contribution in [0.15, 0.2) is 48.5 Å². The number of allylic oxidation sites excluding steroid dienone is 1. The molecule has 24 heavy (non-hydrogen) atoms. The third-order valence-electron chi connectivity index (χ3n) is 4.14. The van der Waals surface area contributed by atoms with Gasteiger partial charge in [-0.1, -0.05) is 6.07 Å². The number of nitrogens with one attached hydrogen (secondary N) is 1. The Morgan fingerprint density at radius 1 is 1.21 bits per heavy atom. The highest BCUT2D eigenvalue weighted by atomic mass is 16.5. The lowest BCUT2D eigenvalue weighted by atomic mass is 9.85. The molecule has 0 spiro atoms. The van der Waals surface area contributed by atoms with Gasteiger partial charge in [-0.05, 0) is 62.2 Å². The maximum Gasteiger partial charge on any atom is 0.187 e. The van der Waals surface area contributed by atoms with Crippen molar-refractivity contribution in [3.63, 3.8) is 0 Å². The molecular weight excluding hydrogens is 302 g/mol. The minimum Gasteiger partial charge on any atom is -0.508 e. The van der Waals surface area contributed by atoms with E-state index in [1.165, 1.54) is 17.7 Å². The normalized spacial score (nSPS) is 17.0. The lowest BCUT2D eigenvalue weighted by Gasteiger charge is -2.35. The second-order valence-corrected chi connectivity index (χ2v) is 6.68. The van der Waals surface area contributed by atoms with Gasteiger partial charge in [-0.2, -0.15) is 0 Å². The largest absolute Gasteiger partial charge is 0.508 e. The summed E-state index contributed by atoms with van der Waals surface area (Å²) >= 11 is 0. The van der Waals surface area contributed by atoms with Gasteiger partial charge in [0.15, 0.2) is 5.78 Å². The van der Waals surface area contributed by atoms with E-state index in [1.54, 1.807) is 25.3 Å². The fraction of sp³-hybridized carbons (Fsp3) is 0.250. The Bertz CT molecular complexity index is 804. The monoisotopic (exact) mass is 323 g/mol. The van der Waals surface area contributed by atoms with Gasteiger partial charge in [0.2, 0.25) is 0 Å². The van der Waals surface area contributed by atoms with Gasteiger partial charge in [0.05, 0.1) is 7.11 Å². The number of carbonyl (C=O) groups excluding carboxylic acids is 1. The van der Waals surface area contributed by atoms with Crippen LogP contribution in [0, 0.1) is 0 Å². The summed E-state index contributed by atoms with van der Waals surface area (Å²) < 4.78 is 5.32. The molecule has 0 saturated carbocycles. The fourth-order valence-corrected chi connectivity index (χ4v) is 2.99. The molecule has 0 unspecified atom stereocenters. The zero-order chi connectivity index (χ0) is 17.3. The Morgan fingerprint density at radius 3 is 2.58 bits per heavy atom. The minimum absolute atomic E-state index is 0.107. The van der Waals surface area contributed by atoms with Crippen LogP contribution in [0.4, 0.5) is 0 Å². The summed E-state index contributed by atoms with van der Waals surface area (Å²) in [5.41, 5.74) is 3.36. The highest BCUT2D eigenvalue weighted by Gasteiger charge is 2.28. The number of hydrogen-bond acceptors (Lipinski definition) is 4. The van der Waals surface area contributed by atoms with Crippen LogP contribution < -0.4 is 10.1 Å². The first-order valence-electron chi connectivity index (χ1n) is 7.88. The Morgan fingerprint density at radius 2 is 1.92 bits per heavy atom. The van der Waals surface area contributed by atoms with Crippen molar-refractivity contribution >= 4 is 11.5 Å². The first-order valence-corrected chi connectivity index (χ1v) is 7.88. The number of aromatic hydroxyl groups is 1. The van der Waals surface area contributed by atoms with Gasteiger partial charge in [-0.25, -0.2) is 0 Å². The lowest BCUT2D eigenvalue weighted by molar-refractivity contribution is 0.104. The Hall–Kier alpha value is -2.75. The molecule has 0 bridgehead atoms. The van der Waals surface area contributed by atoms with Gasteiger partial charge in [-0.3, -0.25) is 4.79 Å². The summed E-state index contributed by atoms with van der Waals surface area (Å²) in [6.07, 6.45) is 2.49. The number of ether oxygens (including phenoxy) is 1. The zero-order valence-corrected chi connectivity index (χ0v) is 14.1. The van der Waals surface area contributed by atoms with Gasteiger partial charge in [0.25, 0.3) is 0 Å². The molecule has 0 aliphatic carbocycles. The summed E-state index contributed by atoms with van der Waals surface area (Å²) in [6.45, 7) is 4.22. The van der Waals surface area contributed by atoms with E-state index in [4.69, 9.17) is 4.74 Å². The molecule has 1 aliphatic heterocycles. The van der Waals surface area contributed by atoms with Gasteiger partial charge < -0.3 is 15.2 Å². The smallest absolute Gasteiger partial charge is 0.187 e. The van der Waals surface area contributed by atoms with E-state index in [0.29, 0.717) is 5.56 Å². The van der Waals surface area contributed by atoms with Crippen molar-refractivity contribution in [1.82, 2.24) is 5.32 Å². The van der Waals surface area contributed by atoms with Crippen molar-refractivity contribution in [1.29, 1.82) is 0 Å². The number of benzene rings is 2. The summed E-state index contributed by atoms with van der Waals surface area (Å²) in [5, 5.41) is 12.8. The second-order valence-electron chi connectivity index (χ2n) is 6.68. The van der Waals surface area contributed by atoms with Gasteiger partial charge in [0.1, 0.15) is 11.5 Å². The summed E-state index contributed by atoms with van der Waals surface area (Å²) in [5.74, 6) is 0.799. The second kappa shape index (κ2) is 6.04. The van der Waals surface area contributed by atoms with Crippen LogP contribution in [-0.4, -0.2) is 23.5 Å². The van der Waals surface area contributed by atoms with Crippen LogP contribution in [0.25, 0.3) is 5.70 Å². The van der Waals surface area contributed by atoms with Crippen LogP contribution in [0.3, 0.4) is 0 Å². The predicted octanol–water partition coefficient (Wildman–Crippen LogP) is 3.55. The molecule has 0 fully saturated rings. The molecule has 0 saturated heterocycles. The number of ketones is 1. The molecule has 3 rings (SSSR count). The molecule has 1 aliphatic rings. The van der Waals surface area contributed by atoms with Crippen molar-refractivity contribution in [2.75, 3.05) is 7.11 Å². The van der Waals surface area contributed by atoms with Crippen LogP contribution in [0.2, 0.25) is 0 Å². The molecule has 4 heteroatoms. The standard InChI is InChI=1S/C20H21NO3/c1-20(2)12-14-6-9-16(24-3)10-17(14)18(21-20)11-19(23)13-4-7-15(22)8-5-13/h4-11,21-22H,12H2,1-3H3/b18-11-. The highest BCUT2D eigenvalue weighted by Crippen LogP contribution is 2.32. The third kappa shape index (κ3) is 3.27. The van der Waals surface area contributed by atoms with Crippen molar-refractivity contribution in [2.45, 2.75) is 25.8 Å². The molecule has 4 nitrogen and oxygen atoms in total. The van der Waals surface area contributed by atoms with Crippen LogP contribution in [0.1, 0.15) is 35.3 Å². The van der Waals surface area contributed by atoms with E-state index in [2.05, 4.69) is 25.2 Å².